The minimum Gasteiger partial charge on any atom is -0.304 e. The van der Waals surface area contributed by atoms with E-state index in [4.69, 9.17) is 0 Å². The summed E-state index contributed by atoms with van der Waals surface area (Å²) in [5.41, 5.74) is 1.59. The van der Waals surface area contributed by atoms with Crippen molar-refractivity contribution in [1.82, 2.24) is 4.90 Å². The number of rotatable bonds is 2. The molecule has 0 radical (unpaired) electrons. The number of hydrogen-bond donors (Lipinski definition) is 0. The summed E-state index contributed by atoms with van der Waals surface area (Å²) in [4.78, 5) is 2.56. The van der Waals surface area contributed by atoms with Crippen LogP contribution in [0.5, 0.6) is 0 Å². The lowest BCUT2D eigenvalue weighted by molar-refractivity contribution is 0.223. The number of piperidine rings is 1. The molecule has 1 saturated heterocycles. The standard InChI is InChI=1S/C15H19NS/c1-2-16-9-6-12(7-10-16)14-5-3-4-13-8-11-17-15(13)14/h3-5,8,11-12H,2,6-7,9-10H2,1H3. The molecular weight excluding hydrogens is 226 g/mol. The van der Waals surface area contributed by atoms with Gasteiger partial charge in [-0.05, 0) is 60.8 Å². The van der Waals surface area contributed by atoms with Gasteiger partial charge in [-0.1, -0.05) is 25.1 Å². The second-order valence-electron chi connectivity index (χ2n) is 4.89. The summed E-state index contributed by atoms with van der Waals surface area (Å²) in [6.45, 7) is 6.00. The summed E-state index contributed by atoms with van der Waals surface area (Å²) in [6.07, 6.45) is 2.65. The van der Waals surface area contributed by atoms with Crippen LogP contribution in [0.15, 0.2) is 29.6 Å². The van der Waals surface area contributed by atoms with Crippen molar-refractivity contribution in [3.63, 3.8) is 0 Å². The first kappa shape index (κ1) is 11.2. The minimum absolute atomic E-state index is 0.778. The third kappa shape index (κ3) is 2.12. The smallest absolute Gasteiger partial charge is 0.0377 e. The highest BCUT2D eigenvalue weighted by atomic mass is 32.1. The molecule has 17 heavy (non-hydrogen) atoms. The van der Waals surface area contributed by atoms with Crippen molar-refractivity contribution in [3.8, 4) is 0 Å². The number of benzene rings is 1. The molecule has 1 aliphatic heterocycles. The first-order valence-corrected chi connectivity index (χ1v) is 7.45. The van der Waals surface area contributed by atoms with Gasteiger partial charge in [0.1, 0.15) is 0 Å². The Kier molecular flexibility index (Phi) is 3.17. The van der Waals surface area contributed by atoms with E-state index in [0.29, 0.717) is 0 Å². The van der Waals surface area contributed by atoms with Crippen molar-refractivity contribution in [2.24, 2.45) is 0 Å². The molecule has 3 rings (SSSR count). The molecule has 2 heteroatoms. The average molecular weight is 245 g/mol. The quantitative estimate of drug-likeness (QED) is 0.770. The summed E-state index contributed by atoms with van der Waals surface area (Å²) >= 11 is 1.90. The summed E-state index contributed by atoms with van der Waals surface area (Å²) in [6, 6.07) is 9.03. The van der Waals surface area contributed by atoms with Gasteiger partial charge in [0.05, 0.1) is 0 Å². The molecule has 1 fully saturated rings. The maximum Gasteiger partial charge on any atom is 0.0377 e. The molecule has 0 N–H and O–H groups in total. The summed E-state index contributed by atoms with van der Waals surface area (Å²) in [5.74, 6) is 0.778. The average Bonchev–Trinajstić information content (AvgIpc) is 2.87. The Labute approximate surface area is 107 Å². The molecular formula is C15H19NS. The van der Waals surface area contributed by atoms with Crippen LogP contribution in [0.3, 0.4) is 0 Å². The molecule has 0 aliphatic carbocycles. The Balaban J connectivity index is 1.87. The van der Waals surface area contributed by atoms with Gasteiger partial charge in [0.2, 0.25) is 0 Å². The van der Waals surface area contributed by atoms with Crippen LogP contribution in [0.4, 0.5) is 0 Å². The Morgan fingerprint density at radius 3 is 2.82 bits per heavy atom. The van der Waals surface area contributed by atoms with Gasteiger partial charge in [-0.15, -0.1) is 11.3 Å². The fourth-order valence-corrected chi connectivity index (χ4v) is 3.89. The van der Waals surface area contributed by atoms with Gasteiger partial charge in [-0.3, -0.25) is 0 Å². The van der Waals surface area contributed by atoms with Gasteiger partial charge in [0, 0.05) is 4.70 Å². The van der Waals surface area contributed by atoms with E-state index in [9.17, 15) is 0 Å². The van der Waals surface area contributed by atoms with Gasteiger partial charge in [0.25, 0.3) is 0 Å². The van der Waals surface area contributed by atoms with E-state index < -0.39 is 0 Å². The van der Waals surface area contributed by atoms with Crippen molar-refractivity contribution in [3.05, 3.63) is 35.2 Å². The van der Waals surface area contributed by atoms with Crippen LogP contribution in [0, 0.1) is 0 Å². The lowest BCUT2D eigenvalue weighted by Crippen LogP contribution is -2.32. The molecule has 0 atom stereocenters. The van der Waals surface area contributed by atoms with E-state index >= 15 is 0 Å². The summed E-state index contributed by atoms with van der Waals surface area (Å²) in [5, 5.41) is 3.64. The molecule has 2 aromatic rings. The summed E-state index contributed by atoms with van der Waals surface area (Å²) in [7, 11) is 0. The Hall–Kier alpha value is -0.860. The van der Waals surface area contributed by atoms with Crippen LogP contribution in [0.1, 0.15) is 31.2 Å². The molecule has 0 amide bonds. The zero-order valence-corrected chi connectivity index (χ0v) is 11.2. The molecule has 1 aliphatic rings. The van der Waals surface area contributed by atoms with Gasteiger partial charge in [-0.2, -0.15) is 0 Å². The molecule has 90 valence electrons. The number of thiophene rings is 1. The fraction of sp³-hybridized carbons (Fsp3) is 0.467. The highest BCUT2D eigenvalue weighted by Crippen LogP contribution is 2.35. The Bertz CT molecular complexity index is 494. The molecule has 1 aromatic heterocycles. The largest absolute Gasteiger partial charge is 0.304 e. The van der Waals surface area contributed by atoms with Crippen LogP contribution in [-0.4, -0.2) is 24.5 Å². The van der Waals surface area contributed by atoms with Crippen LogP contribution < -0.4 is 0 Å². The number of likely N-dealkylation sites (tertiary alicyclic amines) is 1. The third-order valence-corrected chi connectivity index (χ3v) is 4.96. The van der Waals surface area contributed by atoms with Crippen molar-refractivity contribution in [2.75, 3.05) is 19.6 Å². The van der Waals surface area contributed by atoms with Crippen LogP contribution in [0.2, 0.25) is 0 Å². The zero-order chi connectivity index (χ0) is 11.7. The van der Waals surface area contributed by atoms with E-state index in [0.717, 1.165) is 5.92 Å². The Morgan fingerprint density at radius 1 is 1.24 bits per heavy atom. The zero-order valence-electron chi connectivity index (χ0n) is 10.4. The monoisotopic (exact) mass is 245 g/mol. The van der Waals surface area contributed by atoms with Crippen molar-refractivity contribution < 1.29 is 0 Å². The van der Waals surface area contributed by atoms with Crippen LogP contribution in [-0.2, 0) is 0 Å². The maximum absolute atomic E-state index is 2.56. The SMILES string of the molecule is CCN1CCC(c2cccc3ccsc23)CC1. The fourth-order valence-electron chi connectivity index (χ4n) is 2.90. The molecule has 1 nitrogen and oxygen atoms in total. The predicted octanol–water partition coefficient (Wildman–Crippen LogP) is 4.10. The van der Waals surface area contributed by atoms with E-state index in [1.54, 1.807) is 5.56 Å². The lowest BCUT2D eigenvalue weighted by Gasteiger charge is -2.31. The number of fused-ring (bicyclic) bond motifs is 1. The molecule has 0 saturated carbocycles. The lowest BCUT2D eigenvalue weighted by atomic mass is 9.89. The maximum atomic E-state index is 2.56. The minimum atomic E-state index is 0.778. The molecule has 1 aromatic carbocycles. The molecule has 2 heterocycles. The Morgan fingerprint density at radius 2 is 2.06 bits per heavy atom. The first-order chi connectivity index (χ1) is 8.38. The van der Waals surface area contributed by atoms with Crippen molar-refractivity contribution in [1.29, 1.82) is 0 Å². The third-order valence-electron chi connectivity index (χ3n) is 3.98. The molecule has 0 unspecified atom stereocenters. The highest BCUT2D eigenvalue weighted by molar-refractivity contribution is 7.17. The highest BCUT2D eigenvalue weighted by Gasteiger charge is 2.21. The van der Waals surface area contributed by atoms with E-state index in [-0.39, 0.29) is 0 Å². The second-order valence-corrected chi connectivity index (χ2v) is 5.81. The van der Waals surface area contributed by atoms with Gasteiger partial charge < -0.3 is 4.90 Å². The van der Waals surface area contributed by atoms with Gasteiger partial charge >= 0.3 is 0 Å². The first-order valence-electron chi connectivity index (χ1n) is 6.57. The normalized spacial score (nSPS) is 18.9. The van der Waals surface area contributed by atoms with Crippen molar-refractivity contribution >= 4 is 21.4 Å². The van der Waals surface area contributed by atoms with Crippen molar-refractivity contribution in [2.45, 2.75) is 25.7 Å². The summed E-state index contributed by atoms with van der Waals surface area (Å²) < 4.78 is 1.52. The van der Waals surface area contributed by atoms with E-state index in [2.05, 4.69) is 41.5 Å². The van der Waals surface area contributed by atoms with Crippen LogP contribution in [0.25, 0.3) is 10.1 Å². The molecule has 0 spiro atoms. The second kappa shape index (κ2) is 4.79. The van der Waals surface area contributed by atoms with Gasteiger partial charge in [0.15, 0.2) is 0 Å². The topological polar surface area (TPSA) is 3.24 Å². The van der Waals surface area contributed by atoms with Gasteiger partial charge in [-0.25, -0.2) is 0 Å². The van der Waals surface area contributed by atoms with Crippen LogP contribution >= 0.6 is 11.3 Å². The van der Waals surface area contributed by atoms with E-state index in [1.807, 2.05) is 11.3 Å². The number of nitrogens with zero attached hydrogens (tertiary/aromatic N) is 1. The predicted molar refractivity (Wildman–Crippen MR) is 75.9 cm³/mol. The van der Waals surface area contributed by atoms with E-state index in [1.165, 1.54) is 42.6 Å². The number of hydrogen-bond acceptors (Lipinski definition) is 2. The molecule has 0 bridgehead atoms.